The van der Waals surface area contributed by atoms with Gasteiger partial charge in [0.25, 0.3) is 0 Å². The molecule has 1 unspecified atom stereocenters. The molecule has 5 nitrogen and oxygen atoms in total. The van der Waals surface area contributed by atoms with E-state index >= 15 is 0 Å². The molecule has 0 saturated carbocycles. The van der Waals surface area contributed by atoms with E-state index in [9.17, 15) is 0 Å². The summed E-state index contributed by atoms with van der Waals surface area (Å²) in [4.78, 5) is 22.4. The van der Waals surface area contributed by atoms with Crippen molar-refractivity contribution in [2.45, 2.75) is 39.9 Å². The Kier molecular flexibility index (Phi) is 9.31. The first-order valence-electron chi connectivity index (χ1n) is 8.12. The van der Waals surface area contributed by atoms with Crippen LogP contribution in [0.1, 0.15) is 31.9 Å². The van der Waals surface area contributed by atoms with Gasteiger partial charge in [0.15, 0.2) is 8.38 Å². The second-order valence-corrected chi connectivity index (χ2v) is 6.52. The number of hydrogen-bond acceptors (Lipinski definition) is 5. The molecule has 24 heavy (non-hydrogen) atoms. The van der Waals surface area contributed by atoms with Crippen molar-refractivity contribution >= 4 is 14.2 Å². The van der Waals surface area contributed by atoms with Crippen LogP contribution in [0.4, 0.5) is 5.82 Å². The highest BCUT2D eigenvalue weighted by atomic mass is 31.2. The van der Waals surface area contributed by atoms with Crippen molar-refractivity contribution in [2.24, 2.45) is 0 Å². The molecule has 0 amide bonds. The van der Waals surface area contributed by atoms with E-state index in [4.69, 9.17) is 14.5 Å². The maximum atomic E-state index is 9.14. The van der Waals surface area contributed by atoms with Crippen molar-refractivity contribution in [1.82, 2.24) is 4.98 Å². The summed E-state index contributed by atoms with van der Waals surface area (Å²) >= 11 is 0. The van der Waals surface area contributed by atoms with Crippen LogP contribution in [0.5, 0.6) is 5.75 Å². The van der Waals surface area contributed by atoms with Gasteiger partial charge in [-0.2, -0.15) is 0 Å². The lowest BCUT2D eigenvalue weighted by Crippen LogP contribution is -2.13. The summed E-state index contributed by atoms with van der Waals surface area (Å²) in [6.45, 7) is 8.34. The zero-order valence-corrected chi connectivity index (χ0v) is 15.6. The molecule has 0 aliphatic carbocycles. The molecular weight excluding hydrogens is 323 g/mol. The van der Waals surface area contributed by atoms with Gasteiger partial charge in [-0.05, 0) is 25.5 Å². The van der Waals surface area contributed by atoms with Gasteiger partial charge in [0.1, 0.15) is 11.6 Å². The van der Waals surface area contributed by atoms with Crippen LogP contribution in [0.3, 0.4) is 0 Å². The van der Waals surface area contributed by atoms with Gasteiger partial charge in [0, 0.05) is 18.7 Å². The molecule has 0 fully saturated rings. The van der Waals surface area contributed by atoms with Gasteiger partial charge in [0.2, 0.25) is 0 Å². The fraction of sp³-hybridized carbons (Fsp3) is 0.389. The van der Waals surface area contributed by atoms with Crippen LogP contribution in [0.15, 0.2) is 42.6 Å². The molecule has 1 aromatic carbocycles. The zero-order chi connectivity index (χ0) is 17.9. The number of aryl methyl sites for hydroxylation is 1. The SMILES string of the molecule is CC.Cc1ccc(CCOc2ccnc(NC(C)P(O)O)c2)cc1. The number of nitrogens with one attached hydrogen (secondary N) is 1. The van der Waals surface area contributed by atoms with E-state index < -0.39 is 14.2 Å². The molecule has 0 bridgehead atoms. The van der Waals surface area contributed by atoms with Crippen LogP contribution in [-0.2, 0) is 6.42 Å². The monoisotopic (exact) mass is 350 g/mol. The van der Waals surface area contributed by atoms with Crippen molar-refractivity contribution in [3.63, 3.8) is 0 Å². The maximum absolute atomic E-state index is 9.14. The minimum absolute atomic E-state index is 0.440. The third-order valence-corrected chi connectivity index (χ3v) is 4.04. The first-order valence-corrected chi connectivity index (χ1v) is 9.44. The summed E-state index contributed by atoms with van der Waals surface area (Å²) in [5, 5.41) is 2.93. The fourth-order valence-corrected chi connectivity index (χ4v) is 2.14. The van der Waals surface area contributed by atoms with Gasteiger partial charge in [-0.1, -0.05) is 43.7 Å². The normalized spacial score (nSPS) is 11.5. The quantitative estimate of drug-likeness (QED) is 0.656. The number of aromatic nitrogens is 1. The molecule has 0 aliphatic heterocycles. The number of pyridine rings is 1. The van der Waals surface area contributed by atoms with Crippen LogP contribution in [0.25, 0.3) is 0 Å². The van der Waals surface area contributed by atoms with Crippen LogP contribution < -0.4 is 10.1 Å². The van der Waals surface area contributed by atoms with Crippen LogP contribution in [-0.4, -0.2) is 27.2 Å². The van der Waals surface area contributed by atoms with Crippen molar-refractivity contribution < 1.29 is 14.5 Å². The predicted octanol–water partition coefficient (Wildman–Crippen LogP) is 4.09. The molecule has 0 saturated heterocycles. The molecule has 3 N–H and O–H groups in total. The summed E-state index contributed by atoms with van der Waals surface area (Å²) in [6, 6.07) is 11.9. The average Bonchev–Trinajstić information content (AvgIpc) is 2.59. The number of ether oxygens (including phenoxy) is 1. The standard InChI is InChI=1S/C16H21N2O3P.C2H6/c1-12-3-5-14(6-4-12)8-10-21-15-7-9-17-16(11-15)18-13(2)22(19)20;1-2/h3-7,9,11,13,19-20H,8,10H2,1-2H3,(H,17,18);1-2H3. The highest BCUT2D eigenvalue weighted by Gasteiger charge is 2.11. The highest BCUT2D eigenvalue weighted by molar-refractivity contribution is 7.46. The van der Waals surface area contributed by atoms with E-state index in [2.05, 4.69) is 41.5 Å². The predicted molar refractivity (Wildman–Crippen MR) is 100 cm³/mol. The molecule has 0 radical (unpaired) electrons. The molecule has 0 spiro atoms. The van der Waals surface area contributed by atoms with Crippen LogP contribution in [0.2, 0.25) is 0 Å². The first-order chi connectivity index (χ1) is 11.5. The number of anilines is 1. The Morgan fingerprint density at radius 3 is 2.46 bits per heavy atom. The lowest BCUT2D eigenvalue weighted by Gasteiger charge is -2.15. The van der Waals surface area contributed by atoms with Gasteiger partial charge in [-0.25, -0.2) is 4.98 Å². The van der Waals surface area contributed by atoms with Gasteiger partial charge in [0.05, 0.1) is 12.4 Å². The average molecular weight is 350 g/mol. The minimum atomic E-state index is -2.03. The third kappa shape index (κ3) is 7.26. The second-order valence-electron chi connectivity index (χ2n) is 5.10. The lowest BCUT2D eigenvalue weighted by molar-refractivity contribution is 0.322. The molecule has 1 aromatic heterocycles. The van der Waals surface area contributed by atoms with E-state index in [0.717, 1.165) is 6.42 Å². The molecule has 132 valence electrons. The molecule has 6 heteroatoms. The van der Waals surface area contributed by atoms with Gasteiger partial charge >= 0.3 is 0 Å². The molecular formula is C18H27N2O3P. The summed E-state index contributed by atoms with van der Waals surface area (Å²) in [7, 11) is -2.03. The summed E-state index contributed by atoms with van der Waals surface area (Å²) < 4.78 is 5.72. The fourth-order valence-electron chi connectivity index (χ4n) is 1.89. The Hall–Kier alpha value is -1.68. The smallest absolute Gasteiger partial charge is 0.188 e. The number of benzene rings is 1. The minimum Gasteiger partial charge on any atom is -0.493 e. The van der Waals surface area contributed by atoms with E-state index in [-0.39, 0.29) is 0 Å². The summed E-state index contributed by atoms with van der Waals surface area (Å²) in [6.07, 6.45) is 2.47. The Morgan fingerprint density at radius 1 is 1.17 bits per heavy atom. The Bertz CT molecular complexity index is 591. The van der Waals surface area contributed by atoms with E-state index in [1.54, 1.807) is 25.3 Å². The van der Waals surface area contributed by atoms with Crippen molar-refractivity contribution in [2.75, 3.05) is 11.9 Å². The van der Waals surface area contributed by atoms with E-state index in [1.165, 1.54) is 11.1 Å². The molecule has 1 atom stereocenters. The molecule has 1 heterocycles. The molecule has 0 aliphatic rings. The highest BCUT2D eigenvalue weighted by Crippen LogP contribution is 2.31. The summed E-state index contributed by atoms with van der Waals surface area (Å²) in [5.41, 5.74) is 2.48. The Balaban J connectivity index is 0.00000139. The first kappa shape index (κ1) is 20.4. The van der Waals surface area contributed by atoms with Gasteiger partial charge in [-0.15, -0.1) is 0 Å². The maximum Gasteiger partial charge on any atom is 0.188 e. The van der Waals surface area contributed by atoms with Crippen molar-refractivity contribution in [3.05, 3.63) is 53.7 Å². The molecule has 2 rings (SSSR count). The number of hydrogen-bond donors (Lipinski definition) is 3. The summed E-state index contributed by atoms with van der Waals surface area (Å²) in [5.74, 6) is 0.832. The molecule has 2 aromatic rings. The van der Waals surface area contributed by atoms with Gasteiger partial charge in [-0.3, -0.25) is 0 Å². The largest absolute Gasteiger partial charge is 0.493 e. The zero-order valence-electron chi connectivity index (χ0n) is 14.7. The second kappa shape index (κ2) is 11.0. The Morgan fingerprint density at radius 2 is 1.83 bits per heavy atom. The van der Waals surface area contributed by atoms with Crippen LogP contribution in [0, 0.1) is 6.92 Å². The third-order valence-electron chi connectivity index (χ3n) is 3.21. The van der Waals surface area contributed by atoms with E-state index in [0.29, 0.717) is 18.2 Å². The van der Waals surface area contributed by atoms with Crippen molar-refractivity contribution in [3.8, 4) is 5.75 Å². The lowest BCUT2D eigenvalue weighted by atomic mass is 10.1. The van der Waals surface area contributed by atoms with Gasteiger partial charge < -0.3 is 19.8 Å². The number of rotatable bonds is 7. The van der Waals surface area contributed by atoms with E-state index in [1.807, 2.05) is 13.8 Å². The topological polar surface area (TPSA) is 74.6 Å². The van der Waals surface area contributed by atoms with Crippen LogP contribution >= 0.6 is 8.38 Å². The number of nitrogens with zero attached hydrogens (tertiary/aromatic N) is 1. The van der Waals surface area contributed by atoms with Crippen molar-refractivity contribution in [1.29, 1.82) is 0 Å². The Labute approximate surface area is 145 Å².